The van der Waals surface area contributed by atoms with Crippen LogP contribution >= 0.6 is 15.9 Å². The minimum absolute atomic E-state index is 0.0365. The molecule has 1 fully saturated rings. The Bertz CT molecular complexity index is 475. The third-order valence-electron chi connectivity index (χ3n) is 4.02. The van der Waals surface area contributed by atoms with Gasteiger partial charge in [-0.2, -0.15) is 0 Å². The molecule has 4 heteroatoms. The Balaban J connectivity index is 2.07. The SMILES string of the molecule is CC1CCC(NC(=O)c2cccc(N)c2Br)C(C)C1. The molecule has 0 bridgehead atoms. The minimum Gasteiger partial charge on any atom is -0.398 e. The molecule has 0 spiro atoms. The first-order valence-corrected chi connectivity index (χ1v) is 7.63. The number of rotatable bonds is 2. The van der Waals surface area contributed by atoms with Gasteiger partial charge in [-0.05, 0) is 59.2 Å². The van der Waals surface area contributed by atoms with Gasteiger partial charge in [-0.1, -0.05) is 19.9 Å². The monoisotopic (exact) mass is 324 g/mol. The number of nitrogens with two attached hydrogens (primary N) is 1. The van der Waals surface area contributed by atoms with Crippen molar-refractivity contribution in [3.63, 3.8) is 0 Å². The summed E-state index contributed by atoms with van der Waals surface area (Å²) in [6, 6.07) is 5.66. The van der Waals surface area contributed by atoms with Crippen molar-refractivity contribution >= 4 is 27.5 Å². The molecular formula is C15H21BrN2O. The maximum absolute atomic E-state index is 12.3. The molecular weight excluding hydrogens is 304 g/mol. The lowest BCUT2D eigenvalue weighted by atomic mass is 9.80. The molecule has 1 saturated carbocycles. The van der Waals surface area contributed by atoms with Crippen molar-refractivity contribution in [2.45, 2.75) is 39.2 Å². The van der Waals surface area contributed by atoms with E-state index >= 15 is 0 Å². The Hall–Kier alpha value is -1.03. The molecule has 0 aromatic heterocycles. The molecule has 0 heterocycles. The largest absolute Gasteiger partial charge is 0.398 e. The maximum Gasteiger partial charge on any atom is 0.252 e. The number of halogens is 1. The average Bonchev–Trinajstić information content (AvgIpc) is 2.36. The van der Waals surface area contributed by atoms with E-state index in [-0.39, 0.29) is 11.9 Å². The fourth-order valence-corrected chi connectivity index (χ4v) is 3.30. The highest BCUT2D eigenvalue weighted by molar-refractivity contribution is 9.10. The Kier molecular flexibility index (Phi) is 4.50. The summed E-state index contributed by atoms with van der Waals surface area (Å²) in [5, 5.41) is 3.15. The van der Waals surface area contributed by atoms with E-state index in [1.807, 2.05) is 0 Å². The molecule has 0 saturated heterocycles. The van der Waals surface area contributed by atoms with Crippen LogP contribution in [0.1, 0.15) is 43.5 Å². The van der Waals surface area contributed by atoms with Crippen molar-refractivity contribution in [1.82, 2.24) is 5.32 Å². The molecule has 1 amide bonds. The van der Waals surface area contributed by atoms with Crippen LogP contribution in [0.25, 0.3) is 0 Å². The summed E-state index contributed by atoms with van der Waals surface area (Å²) in [7, 11) is 0. The van der Waals surface area contributed by atoms with Crippen molar-refractivity contribution < 1.29 is 4.79 Å². The molecule has 1 aliphatic rings. The molecule has 1 aliphatic carbocycles. The van der Waals surface area contributed by atoms with Gasteiger partial charge in [0.25, 0.3) is 5.91 Å². The van der Waals surface area contributed by atoms with E-state index in [0.717, 1.165) is 12.3 Å². The smallest absolute Gasteiger partial charge is 0.252 e. The van der Waals surface area contributed by atoms with Crippen molar-refractivity contribution in [2.75, 3.05) is 5.73 Å². The third-order valence-corrected chi connectivity index (χ3v) is 4.91. The number of nitrogens with one attached hydrogen (secondary N) is 1. The van der Waals surface area contributed by atoms with Crippen LogP contribution in [0.5, 0.6) is 0 Å². The Labute approximate surface area is 123 Å². The summed E-state index contributed by atoms with van der Waals surface area (Å²) < 4.78 is 0.685. The van der Waals surface area contributed by atoms with Gasteiger partial charge in [0.05, 0.1) is 10.0 Å². The number of anilines is 1. The zero-order chi connectivity index (χ0) is 14.0. The first kappa shape index (κ1) is 14.4. The topological polar surface area (TPSA) is 55.1 Å². The van der Waals surface area contributed by atoms with Gasteiger partial charge in [-0.25, -0.2) is 0 Å². The van der Waals surface area contributed by atoms with Crippen LogP contribution in [0.15, 0.2) is 22.7 Å². The van der Waals surface area contributed by atoms with Crippen LogP contribution in [-0.4, -0.2) is 11.9 Å². The van der Waals surface area contributed by atoms with Crippen LogP contribution < -0.4 is 11.1 Å². The molecule has 0 aliphatic heterocycles. The fourth-order valence-electron chi connectivity index (χ4n) is 2.85. The summed E-state index contributed by atoms with van der Waals surface area (Å²) in [4.78, 5) is 12.3. The van der Waals surface area contributed by atoms with Crippen molar-refractivity contribution in [3.05, 3.63) is 28.2 Å². The molecule has 2 rings (SSSR count). The second kappa shape index (κ2) is 5.95. The number of hydrogen-bond acceptors (Lipinski definition) is 2. The van der Waals surface area contributed by atoms with E-state index in [1.165, 1.54) is 12.8 Å². The van der Waals surface area contributed by atoms with E-state index in [9.17, 15) is 4.79 Å². The van der Waals surface area contributed by atoms with Crippen LogP contribution in [0.2, 0.25) is 0 Å². The van der Waals surface area contributed by atoms with E-state index in [0.29, 0.717) is 21.6 Å². The van der Waals surface area contributed by atoms with Gasteiger partial charge >= 0.3 is 0 Å². The lowest BCUT2D eigenvalue weighted by Gasteiger charge is -2.33. The van der Waals surface area contributed by atoms with Gasteiger partial charge in [-0.3, -0.25) is 4.79 Å². The fraction of sp³-hybridized carbons (Fsp3) is 0.533. The molecule has 104 valence electrons. The summed E-state index contributed by atoms with van der Waals surface area (Å²) in [5.41, 5.74) is 7.02. The zero-order valence-corrected chi connectivity index (χ0v) is 13.0. The minimum atomic E-state index is -0.0365. The van der Waals surface area contributed by atoms with Crippen LogP contribution in [-0.2, 0) is 0 Å². The molecule has 3 N–H and O–H groups in total. The Morgan fingerprint density at radius 2 is 2.11 bits per heavy atom. The van der Waals surface area contributed by atoms with Crippen molar-refractivity contribution in [2.24, 2.45) is 11.8 Å². The van der Waals surface area contributed by atoms with Crippen molar-refractivity contribution in [1.29, 1.82) is 0 Å². The van der Waals surface area contributed by atoms with Crippen LogP contribution in [0, 0.1) is 11.8 Å². The molecule has 1 aromatic rings. The highest BCUT2D eigenvalue weighted by atomic mass is 79.9. The second-order valence-corrected chi connectivity index (χ2v) is 6.48. The van der Waals surface area contributed by atoms with Gasteiger partial charge in [0.1, 0.15) is 0 Å². The Morgan fingerprint density at radius 1 is 1.37 bits per heavy atom. The average molecular weight is 325 g/mol. The molecule has 3 atom stereocenters. The van der Waals surface area contributed by atoms with Crippen LogP contribution in [0.3, 0.4) is 0 Å². The van der Waals surface area contributed by atoms with Gasteiger partial charge < -0.3 is 11.1 Å². The van der Waals surface area contributed by atoms with E-state index in [1.54, 1.807) is 18.2 Å². The van der Waals surface area contributed by atoms with Crippen molar-refractivity contribution in [3.8, 4) is 0 Å². The predicted octanol–water partition coefficient (Wildman–Crippen LogP) is 3.59. The second-order valence-electron chi connectivity index (χ2n) is 5.68. The Morgan fingerprint density at radius 3 is 2.79 bits per heavy atom. The zero-order valence-electron chi connectivity index (χ0n) is 11.4. The molecule has 19 heavy (non-hydrogen) atoms. The summed E-state index contributed by atoms with van der Waals surface area (Å²) >= 11 is 3.38. The van der Waals surface area contributed by atoms with Gasteiger partial charge in [0, 0.05) is 11.7 Å². The normalized spacial score (nSPS) is 27.0. The first-order valence-electron chi connectivity index (χ1n) is 6.84. The number of amides is 1. The quantitative estimate of drug-likeness (QED) is 0.817. The number of hydrogen-bond donors (Lipinski definition) is 2. The van der Waals surface area contributed by atoms with E-state index in [4.69, 9.17) is 5.73 Å². The summed E-state index contributed by atoms with van der Waals surface area (Å²) in [6.07, 6.45) is 3.43. The molecule has 3 nitrogen and oxygen atoms in total. The third kappa shape index (κ3) is 3.30. The highest BCUT2D eigenvalue weighted by Crippen LogP contribution is 2.29. The lowest BCUT2D eigenvalue weighted by Crippen LogP contribution is -2.42. The number of nitrogen functional groups attached to an aromatic ring is 1. The van der Waals surface area contributed by atoms with Gasteiger partial charge in [0.2, 0.25) is 0 Å². The number of benzene rings is 1. The van der Waals surface area contributed by atoms with Gasteiger partial charge in [-0.15, -0.1) is 0 Å². The van der Waals surface area contributed by atoms with E-state index in [2.05, 4.69) is 35.1 Å². The van der Waals surface area contributed by atoms with E-state index < -0.39 is 0 Å². The predicted molar refractivity (Wildman–Crippen MR) is 82.0 cm³/mol. The maximum atomic E-state index is 12.3. The lowest BCUT2D eigenvalue weighted by molar-refractivity contribution is 0.0899. The first-order chi connectivity index (χ1) is 8.99. The summed E-state index contributed by atoms with van der Waals surface area (Å²) in [6.45, 7) is 4.50. The standard InChI is InChI=1S/C15H21BrN2O/c1-9-6-7-13(10(2)8-9)18-15(19)11-4-3-5-12(17)14(11)16/h3-5,9-10,13H,6-8,17H2,1-2H3,(H,18,19). The van der Waals surface area contributed by atoms with Gasteiger partial charge in [0.15, 0.2) is 0 Å². The van der Waals surface area contributed by atoms with Crippen LogP contribution in [0.4, 0.5) is 5.69 Å². The highest BCUT2D eigenvalue weighted by Gasteiger charge is 2.27. The summed E-state index contributed by atoms with van der Waals surface area (Å²) in [5.74, 6) is 1.26. The molecule has 1 aromatic carbocycles. The number of carbonyl (C=O) groups excluding carboxylic acids is 1. The molecule has 3 unspecified atom stereocenters. The molecule has 0 radical (unpaired) electrons. The number of carbonyl (C=O) groups is 1.